The van der Waals surface area contributed by atoms with Crippen LogP contribution in [0, 0.1) is 0 Å². The summed E-state index contributed by atoms with van der Waals surface area (Å²) in [5.74, 6) is 0.813. The van der Waals surface area contributed by atoms with Crippen LogP contribution in [0.3, 0.4) is 0 Å². The van der Waals surface area contributed by atoms with E-state index in [2.05, 4.69) is 31.3 Å². The van der Waals surface area contributed by atoms with Crippen molar-refractivity contribution in [3.8, 4) is 5.75 Å². The molecular weight excluding hydrogens is 250 g/mol. The van der Waals surface area contributed by atoms with E-state index in [1.54, 1.807) is 13.8 Å². The zero-order valence-electron chi connectivity index (χ0n) is 13.3. The molecule has 0 aliphatic rings. The van der Waals surface area contributed by atoms with Crippen molar-refractivity contribution in [1.29, 1.82) is 0 Å². The normalized spacial score (nSPS) is 13.2. The maximum absolute atomic E-state index is 9.62. The minimum absolute atomic E-state index is 0.310. The number of hydrogen-bond donors (Lipinski definition) is 2. The fourth-order valence-corrected chi connectivity index (χ4v) is 1.89. The Morgan fingerprint density at radius 3 is 2.45 bits per heavy atom. The van der Waals surface area contributed by atoms with Gasteiger partial charge in [0.25, 0.3) is 0 Å². The van der Waals surface area contributed by atoms with E-state index in [1.165, 1.54) is 12.0 Å². The van der Waals surface area contributed by atoms with Crippen molar-refractivity contribution < 1.29 is 9.84 Å². The van der Waals surface area contributed by atoms with Crippen molar-refractivity contribution in [2.24, 2.45) is 0 Å². The fourth-order valence-electron chi connectivity index (χ4n) is 1.89. The van der Waals surface area contributed by atoms with Gasteiger partial charge in [-0.05, 0) is 64.3 Å². The van der Waals surface area contributed by atoms with Gasteiger partial charge >= 0.3 is 0 Å². The van der Waals surface area contributed by atoms with E-state index < -0.39 is 5.60 Å². The number of aliphatic hydroxyl groups is 1. The molecule has 114 valence electrons. The SMILES string of the molecule is CCCNC(C)CCc1ccc(OCC(C)(C)O)cc1. The molecule has 1 atom stereocenters. The Labute approximate surface area is 123 Å². The predicted octanol–water partition coefficient (Wildman–Crippen LogP) is 3.16. The predicted molar refractivity (Wildman–Crippen MR) is 84.3 cm³/mol. The third-order valence-electron chi connectivity index (χ3n) is 3.12. The monoisotopic (exact) mass is 279 g/mol. The molecule has 20 heavy (non-hydrogen) atoms. The Bertz CT molecular complexity index is 368. The molecule has 0 aliphatic heterocycles. The topological polar surface area (TPSA) is 41.5 Å². The smallest absolute Gasteiger partial charge is 0.119 e. The van der Waals surface area contributed by atoms with Gasteiger partial charge in [-0.15, -0.1) is 0 Å². The van der Waals surface area contributed by atoms with Crippen LogP contribution < -0.4 is 10.1 Å². The second-order valence-corrected chi connectivity index (χ2v) is 6.14. The summed E-state index contributed by atoms with van der Waals surface area (Å²) in [6.45, 7) is 9.30. The molecule has 0 saturated carbocycles. The van der Waals surface area contributed by atoms with Gasteiger partial charge in [-0.25, -0.2) is 0 Å². The molecule has 1 unspecified atom stereocenters. The van der Waals surface area contributed by atoms with E-state index in [4.69, 9.17) is 4.74 Å². The molecule has 0 saturated heterocycles. The number of hydrogen-bond acceptors (Lipinski definition) is 3. The largest absolute Gasteiger partial charge is 0.491 e. The van der Waals surface area contributed by atoms with E-state index in [-0.39, 0.29) is 0 Å². The average Bonchev–Trinajstić information content (AvgIpc) is 2.41. The number of benzene rings is 1. The zero-order valence-corrected chi connectivity index (χ0v) is 13.3. The van der Waals surface area contributed by atoms with E-state index in [0.717, 1.165) is 25.1 Å². The third kappa shape index (κ3) is 7.51. The number of ether oxygens (including phenoxy) is 1. The summed E-state index contributed by atoms with van der Waals surface area (Å²) in [7, 11) is 0. The third-order valence-corrected chi connectivity index (χ3v) is 3.12. The van der Waals surface area contributed by atoms with E-state index in [0.29, 0.717) is 12.6 Å². The van der Waals surface area contributed by atoms with Crippen LogP contribution in [-0.4, -0.2) is 29.9 Å². The highest BCUT2D eigenvalue weighted by molar-refractivity contribution is 5.27. The van der Waals surface area contributed by atoms with Crippen LogP contribution in [0.15, 0.2) is 24.3 Å². The quantitative estimate of drug-likeness (QED) is 0.729. The first-order chi connectivity index (χ1) is 9.40. The maximum atomic E-state index is 9.62. The minimum Gasteiger partial charge on any atom is -0.491 e. The van der Waals surface area contributed by atoms with Gasteiger partial charge in [0.15, 0.2) is 0 Å². The molecule has 1 aromatic carbocycles. The van der Waals surface area contributed by atoms with Crippen LogP contribution in [0.5, 0.6) is 5.75 Å². The van der Waals surface area contributed by atoms with Gasteiger partial charge in [0, 0.05) is 6.04 Å². The van der Waals surface area contributed by atoms with Gasteiger partial charge in [0.05, 0.1) is 5.60 Å². The Kier molecular flexibility index (Phi) is 7.03. The Balaban J connectivity index is 2.35. The molecule has 0 aromatic heterocycles. The van der Waals surface area contributed by atoms with Gasteiger partial charge < -0.3 is 15.2 Å². The molecule has 0 spiro atoms. The maximum Gasteiger partial charge on any atom is 0.119 e. The van der Waals surface area contributed by atoms with Gasteiger partial charge in [-0.1, -0.05) is 19.1 Å². The van der Waals surface area contributed by atoms with Crippen molar-refractivity contribution in [3.63, 3.8) is 0 Å². The van der Waals surface area contributed by atoms with E-state index >= 15 is 0 Å². The number of rotatable bonds is 9. The second-order valence-electron chi connectivity index (χ2n) is 6.14. The highest BCUT2D eigenvalue weighted by Crippen LogP contribution is 2.15. The summed E-state index contributed by atoms with van der Waals surface area (Å²) >= 11 is 0. The molecule has 0 aliphatic carbocycles. The lowest BCUT2D eigenvalue weighted by Gasteiger charge is -2.18. The summed E-state index contributed by atoms with van der Waals surface area (Å²) in [5, 5.41) is 13.1. The molecule has 1 rings (SSSR count). The van der Waals surface area contributed by atoms with Crippen molar-refractivity contribution >= 4 is 0 Å². The van der Waals surface area contributed by atoms with Crippen molar-refractivity contribution in [1.82, 2.24) is 5.32 Å². The molecule has 0 amide bonds. The molecule has 0 bridgehead atoms. The fraction of sp³-hybridized carbons (Fsp3) is 0.647. The number of nitrogens with one attached hydrogen (secondary N) is 1. The first kappa shape index (κ1) is 17.0. The lowest BCUT2D eigenvalue weighted by Crippen LogP contribution is -2.27. The lowest BCUT2D eigenvalue weighted by molar-refractivity contribution is 0.0285. The molecule has 1 aromatic rings. The minimum atomic E-state index is -0.793. The van der Waals surface area contributed by atoms with Crippen LogP contribution in [-0.2, 0) is 6.42 Å². The Morgan fingerprint density at radius 1 is 1.25 bits per heavy atom. The summed E-state index contributed by atoms with van der Waals surface area (Å²) < 4.78 is 5.54. The summed E-state index contributed by atoms with van der Waals surface area (Å²) in [6.07, 6.45) is 3.39. The van der Waals surface area contributed by atoms with Crippen molar-refractivity contribution in [2.75, 3.05) is 13.2 Å². The van der Waals surface area contributed by atoms with Crippen LogP contribution in [0.25, 0.3) is 0 Å². The molecule has 2 N–H and O–H groups in total. The van der Waals surface area contributed by atoms with Crippen LogP contribution in [0.2, 0.25) is 0 Å². The average molecular weight is 279 g/mol. The van der Waals surface area contributed by atoms with Gasteiger partial charge in [0.1, 0.15) is 12.4 Å². The Morgan fingerprint density at radius 2 is 1.90 bits per heavy atom. The first-order valence-electron chi connectivity index (χ1n) is 7.58. The second kappa shape index (κ2) is 8.28. The number of aryl methyl sites for hydroxylation is 1. The van der Waals surface area contributed by atoms with Gasteiger partial charge in [-0.3, -0.25) is 0 Å². The highest BCUT2D eigenvalue weighted by atomic mass is 16.5. The summed E-state index contributed by atoms with van der Waals surface area (Å²) in [4.78, 5) is 0. The lowest BCUT2D eigenvalue weighted by atomic mass is 10.1. The molecule has 0 radical (unpaired) electrons. The molecule has 0 heterocycles. The molecule has 3 heteroatoms. The Hall–Kier alpha value is -1.06. The van der Waals surface area contributed by atoms with Gasteiger partial charge in [-0.2, -0.15) is 0 Å². The van der Waals surface area contributed by atoms with Gasteiger partial charge in [0.2, 0.25) is 0 Å². The first-order valence-corrected chi connectivity index (χ1v) is 7.58. The van der Waals surface area contributed by atoms with Crippen LogP contribution >= 0.6 is 0 Å². The zero-order chi connectivity index (χ0) is 15.0. The van der Waals surface area contributed by atoms with Crippen LogP contribution in [0.4, 0.5) is 0 Å². The van der Waals surface area contributed by atoms with E-state index in [9.17, 15) is 5.11 Å². The summed E-state index contributed by atoms with van der Waals surface area (Å²) in [6, 6.07) is 8.72. The molecular formula is C17H29NO2. The highest BCUT2D eigenvalue weighted by Gasteiger charge is 2.13. The van der Waals surface area contributed by atoms with Crippen molar-refractivity contribution in [2.45, 2.75) is 58.6 Å². The molecule has 3 nitrogen and oxygen atoms in total. The van der Waals surface area contributed by atoms with Crippen LogP contribution in [0.1, 0.15) is 46.1 Å². The van der Waals surface area contributed by atoms with Crippen molar-refractivity contribution in [3.05, 3.63) is 29.8 Å². The standard InChI is InChI=1S/C17H29NO2/c1-5-12-18-14(2)6-7-15-8-10-16(11-9-15)20-13-17(3,4)19/h8-11,14,18-19H,5-7,12-13H2,1-4H3. The van der Waals surface area contributed by atoms with E-state index in [1.807, 2.05) is 12.1 Å². The molecule has 0 fully saturated rings. The summed E-state index contributed by atoms with van der Waals surface area (Å²) in [5.41, 5.74) is 0.532.